The number of rotatable bonds is 20. The van der Waals surface area contributed by atoms with Gasteiger partial charge in [0.2, 0.25) is 0 Å². The molecule has 0 aromatic heterocycles. The summed E-state index contributed by atoms with van der Waals surface area (Å²) >= 11 is 0. The van der Waals surface area contributed by atoms with Crippen LogP contribution in [0.2, 0.25) is 0 Å². The first kappa shape index (κ1) is 32.1. The van der Waals surface area contributed by atoms with Gasteiger partial charge in [-0.3, -0.25) is 4.79 Å². The lowest BCUT2D eigenvalue weighted by Crippen LogP contribution is -2.54. The van der Waals surface area contributed by atoms with Crippen molar-refractivity contribution in [1.82, 2.24) is 15.1 Å². The van der Waals surface area contributed by atoms with E-state index in [0.717, 1.165) is 24.9 Å². The van der Waals surface area contributed by atoms with E-state index in [4.69, 9.17) is 0 Å². The minimum absolute atomic E-state index is 0.0485. The highest BCUT2D eigenvalue weighted by Gasteiger charge is 2.29. The summed E-state index contributed by atoms with van der Waals surface area (Å²) in [5.41, 5.74) is 1.59. The van der Waals surface area contributed by atoms with Crippen LogP contribution in [0.3, 0.4) is 0 Å². The molecule has 1 saturated heterocycles. The molecule has 2 N–H and O–H groups in total. The zero-order valence-corrected chi connectivity index (χ0v) is 24.4. The summed E-state index contributed by atoms with van der Waals surface area (Å²) in [6.07, 6.45) is 21.1. The number of unbranched alkanes of at least 4 members (excludes halogenated alkanes) is 15. The van der Waals surface area contributed by atoms with Crippen LogP contribution in [0.5, 0.6) is 0 Å². The zero-order chi connectivity index (χ0) is 27.4. The van der Waals surface area contributed by atoms with Crippen molar-refractivity contribution in [2.45, 2.75) is 122 Å². The molecule has 0 radical (unpaired) electrons. The van der Waals surface area contributed by atoms with Gasteiger partial charge in [-0.05, 0) is 31.5 Å². The van der Waals surface area contributed by atoms with Gasteiger partial charge in [0.05, 0.1) is 6.04 Å². The van der Waals surface area contributed by atoms with Crippen molar-refractivity contribution in [3.8, 4) is 0 Å². The number of nitrogens with one attached hydrogen (secondary N) is 1. The Labute approximate surface area is 232 Å². The van der Waals surface area contributed by atoms with Gasteiger partial charge in [-0.2, -0.15) is 0 Å². The summed E-state index contributed by atoms with van der Waals surface area (Å²) in [5.74, 6) is -0.0485. The largest absolute Gasteiger partial charge is 0.465 e. The van der Waals surface area contributed by atoms with Crippen LogP contribution in [-0.4, -0.2) is 66.2 Å². The number of hydrogen-bond donors (Lipinski definition) is 2. The van der Waals surface area contributed by atoms with Crippen molar-refractivity contribution in [2.75, 3.05) is 33.2 Å². The SMILES string of the molecule is CCCCCCCCCCCCCCCCCCNC(=O)c1ccccc1CC1CN(C)CCN1C(=O)O. The highest BCUT2D eigenvalue weighted by Crippen LogP contribution is 2.18. The van der Waals surface area contributed by atoms with Crippen LogP contribution in [0.4, 0.5) is 4.79 Å². The summed E-state index contributed by atoms with van der Waals surface area (Å²) in [7, 11) is 2.02. The number of carbonyl (C=O) groups is 2. The number of piperazine rings is 1. The number of carbonyl (C=O) groups excluding carboxylic acids is 1. The standard InChI is InChI=1S/C32H55N3O3/c1-3-4-5-6-7-8-9-10-11-12-13-14-15-16-17-20-23-33-31(36)30-22-19-18-21-28(30)26-29-27-34(2)24-25-35(29)32(37)38/h18-19,21-22,29H,3-17,20,23-27H2,1-2H3,(H,33,36)(H,37,38). The molecule has 2 rings (SSSR count). The van der Waals surface area contributed by atoms with Crippen LogP contribution < -0.4 is 5.32 Å². The van der Waals surface area contributed by atoms with Crippen molar-refractivity contribution in [3.63, 3.8) is 0 Å². The summed E-state index contributed by atoms with van der Waals surface area (Å²) in [5, 5.41) is 12.7. The highest BCUT2D eigenvalue weighted by molar-refractivity contribution is 5.95. The maximum atomic E-state index is 12.9. The average Bonchev–Trinajstić information content (AvgIpc) is 2.90. The van der Waals surface area contributed by atoms with Crippen LogP contribution in [0.1, 0.15) is 126 Å². The molecule has 216 valence electrons. The molecule has 1 aliphatic rings. The molecule has 2 amide bonds. The van der Waals surface area contributed by atoms with Crippen molar-refractivity contribution in [2.24, 2.45) is 0 Å². The molecule has 1 heterocycles. The monoisotopic (exact) mass is 529 g/mol. The smallest absolute Gasteiger partial charge is 0.407 e. The summed E-state index contributed by atoms with van der Waals surface area (Å²) in [4.78, 5) is 28.3. The quantitative estimate of drug-likeness (QED) is 0.171. The number of likely N-dealkylation sites (N-methyl/N-ethyl adjacent to an activating group) is 1. The van der Waals surface area contributed by atoms with E-state index >= 15 is 0 Å². The topological polar surface area (TPSA) is 72.9 Å². The van der Waals surface area contributed by atoms with Crippen molar-refractivity contribution < 1.29 is 14.7 Å². The Kier molecular flexibility index (Phi) is 16.8. The second-order valence-corrected chi connectivity index (χ2v) is 11.3. The maximum absolute atomic E-state index is 12.9. The number of nitrogens with zero attached hydrogens (tertiary/aromatic N) is 2. The Hall–Kier alpha value is -2.08. The molecule has 1 aromatic carbocycles. The fourth-order valence-electron chi connectivity index (χ4n) is 5.58. The molecule has 1 aliphatic heterocycles. The fourth-order valence-corrected chi connectivity index (χ4v) is 5.58. The first-order valence-electron chi connectivity index (χ1n) is 15.6. The van der Waals surface area contributed by atoms with E-state index in [1.165, 1.54) is 94.8 Å². The molecule has 6 heteroatoms. The summed E-state index contributed by atoms with van der Waals surface area (Å²) < 4.78 is 0. The molecule has 1 atom stereocenters. The maximum Gasteiger partial charge on any atom is 0.407 e. The molecule has 1 unspecified atom stereocenters. The van der Waals surface area contributed by atoms with Gasteiger partial charge in [-0.25, -0.2) is 4.79 Å². The zero-order valence-electron chi connectivity index (χ0n) is 24.4. The predicted octanol–water partition coefficient (Wildman–Crippen LogP) is 7.51. The molecule has 0 bridgehead atoms. The molecular weight excluding hydrogens is 474 g/mol. The number of benzene rings is 1. The van der Waals surface area contributed by atoms with Gasteiger partial charge in [0.1, 0.15) is 0 Å². The molecule has 0 saturated carbocycles. The number of hydrogen-bond acceptors (Lipinski definition) is 3. The average molecular weight is 530 g/mol. The Morgan fingerprint density at radius 2 is 1.34 bits per heavy atom. The molecule has 38 heavy (non-hydrogen) atoms. The Morgan fingerprint density at radius 3 is 1.89 bits per heavy atom. The van der Waals surface area contributed by atoms with E-state index in [1.807, 2.05) is 31.3 Å². The van der Waals surface area contributed by atoms with E-state index < -0.39 is 6.09 Å². The minimum atomic E-state index is -0.881. The van der Waals surface area contributed by atoms with Gasteiger partial charge >= 0.3 is 6.09 Å². The lowest BCUT2D eigenvalue weighted by Gasteiger charge is -2.38. The van der Waals surface area contributed by atoms with Crippen LogP contribution in [0.15, 0.2) is 24.3 Å². The Morgan fingerprint density at radius 1 is 0.816 bits per heavy atom. The van der Waals surface area contributed by atoms with E-state index in [1.54, 1.807) is 0 Å². The molecular formula is C32H55N3O3. The van der Waals surface area contributed by atoms with E-state index in [9.17, 15) is 14.7 Å². The summed E-state index contributed by atoms with van der Waals surface area (Å²) in [6.45, 7) is 4.90. The van der Waals surface area contributed by atoms with Crippen molar-refractivity contribution in [3.05, 3.63) is 35.4 Å². The number of carboxylic acid groups (broad SMARTS) is 1. The third-order valence-corrected chi connectivity index (χ3v) is 7.96. The Bertz CT molecular complexity index is 785. The minimum Gasteiger partial charge on any atom is -0.465 e. The third kappa shape index (κ3) is 13.1. The number of amides is 2. The van der Waals surface area contributed by atoms with Gasteiger partial charge in [0.15, 0.2) is 0 Å². The predicted molar refractivity (Wildman–Crippen MR) is 158 cm³/mol. The lowest BCUT2D eigenvalue weighted by atomic mass is 9.97. The molecule has 6 nitrogen and oxygen atoms in total. The normalized spacial score (nSPS) is 16.1. The first-order valence-corrected chi connectivity index (χ1v) is 15.6. The molecule has 1 aromatic rings. The lowest BCUT2D eigenvalue weighted by molar-refractivity contribution is 0.0776. The second-order valence-electron chi connectivity index (χ2n) is 11.3. The van der Waals surface area contributed by atoms with E-state index in [0.29, 0.717) is 31.6 Å². The molecule has 1 fully saturated rings. The van der Waals surface area contributed by atoms with Crippen molar-refractivity contribution >= 4 is 12.0 Å². The summed E-state index contributed by atoms with van der Waals surface area (Å²) in [6, 6.07) is 7.49. The van der Waals surface area contributed by atoms with Gasteiger partial charge in [0, 0.05) is 31.7 Å². The second kappa shape index (κ2) is 19.9. The third-order valence-electron chi connectivity index (χ3n) is 7.96. The van der Waals surface area contributed by atoms with Crippen LogP contribution in [-0.2, 0) is 6.42 Å². The van der Waals surface area contributed by atoms with Crippen LogP contribution in [0, 0.1) is 0 Å². The fraction of sp³-hybridized carbons (Fsp3) is 0.750. The molecule has 0 spiro atoms. The first-order chi connectivity index (χ1) is 18.5. The highest BCUT2D eigenvalue weighted by atomic mass is 16.4. The van der Waals surface area contributed by atoms with E-state index in [2.05, 4.69) is 17.1 Å². The van der Waals surface area contributed by atoms with E-state index in [-0.39, 0.29) is 11.9 Å². The van der Waals surface area contributed by atoms with Crippen LogP contribution >= 0.6 is 0 Å². The van der Waals surface area contributed by atoms with Crippen LogP contribution in [0.25, 0.3) is 0 Å². The van der Waals surface area contributed by atoms with Crippen molar-refractivity contribution in [1.29, 1.82) is 0 Å². The molecule has 0 aliphatic carbocycles. The Balaban J connectivity index is 1.53. The van der Waals surface area contributed by atoms with Gasteiger partial charge in [0.25, 0.3) is 5.91 Å². The van der Waals surface area contributed by atoms with Gasteiger partial charge in [-0.15, -0.1) is 0 Å². The van der Waals surface area contributed by atoms with Gasteiger partial charge in [-0.1, -0.05) is 121 Å². The van der Waals surface area contributed by atoms with Gasteiger partial charge < -0.3 is 20.2 Å².